The summed E-state index contributed by atoms with van der Waals surface area (Å²) >= 11 is 0. The second-order valence-corrected chi connectivity index (χ2v) is 7.41. The van der Waals surface area contributed by atoms with Crippen molar-refractivity contribution in [3.63, 3.8) is 0 Å². The highest BCUT2D eigenvalue weighted by Crippen LogP contribution is 2.19. The zero-order valence-electron chi connectivity index (χ0n) is 18.0. The minimum absolute atomic E-state index is 0.0802. The third-order valence-corrected chi connectivity index (χ3v) is 4.71. The molecule has 0 aliphatic rings. The number of carbonyl (C=O) groups excluding carboxylic acids is 3. The first kappa shape index (κ1) is 23.7. The van der Waals surface area contributed by atoms with E-state index in [-0.39, 0.29) is 18.9 Å². The summed E-state index contributed by atoms with van der Waals surface area (Å²) in [5.41, 5.74) is 7.06. The molecule has 0 aromatic heterocycles. The van der Waals surface area contributed by atoms with Gasteiger partial charge in [0.15, 0.2) is 0 Å². The van der Waals surface area contributed by atoms with Crippen molar-refractivity contribution in [2.24, 2.45) is 11.7 Å². The van der Waals surface area contributed by atoms with Gasteiger partial charge in [-0.2, -0.15) is 0 Å². The molecular weight excluding hydrogens is 398 g/mol. The maximum atomic E-state index is 12.8. The standard InChI is InChI=1S/C23H29N3O5/c1-15(2)20(26-23(29)31-14-16-9-5-4-6-10-16)22(28)25-18(21(24)27)13-17-11-7-8-12-19(17)30-3/h4-12,15,18,20H,13-14H2,1-3H3,(H2,24,27)(H,25,28)(H,26,29)/t18-,20-/m1/s1. The lowest BCUT2D eigenvalue weighted by molar-refractivity contribution is -0.129. The number of alkyl carbamates (subject to hydrolysis) is 1. The predicted octanol–water partition coefficient (Wildman–Crippen LogP) is 2.16. The summed E-state index contributed by atoms with van der Waals surface area (Å²) in [6.45, 7) is 3.64. The van der Waals surface area contributed by atoms with Crippen molar-refractivity contribution in [1.82, 2.24) is 10.6 Å². The van der Waals surface area contributed by atoms with Gasteiger partial charge in [0, 0.05) is 6.42 Å². The van der Waals surface area contributed by atoms with Gasteiger partial charge in [-0.15, -0.1) is 0 Å². The molecule has 0 saturated carbocycles. The van der Waals surface area contributed by atoms with Crippen LogP contribution >= 0.6 is 0 Å². The summed E-state index contributed by atoms with van der Waals surface area (Å²) in [7, 11) is 1.52. The molecule has 2 rings (SSSR count). The minimum Gasteiger partial charge on any atom is -0.496 e. The monoisotopic (exact) mass is 427 g/mol. The van der Waals surface area contributed by atoms with E-state index in [2.05, 4.69) is 10.6 Å². The van der Waals surface area contributed by atoms with E-state index in [1.165, 1.54) is 7.11 Å². The molecule has 0 unspecified atom stereocenters. The SMILES string of the molecule is COc1ccccc1C[C@@H](NC(=O)[C@H](NC(=O)OCc1ccccc1)C(C)C)C(N)=O. The molecule has 0 aliphatic carbocycles. The fourth-order valence-corrected chi connectivity index (χ4v) is 3.00. The molecule has 4 N–H and O–H groups in total. The van der Waals surface area contributed by atoms with Crippen molar-refractivity contribution in [3.8, 4) is 5.75 Å². The molecule has 0 spiro atoms. The fourth-order valence-electron chi connectivity index (χ4n) is 3.00. The Kier molecular flexibility index (Phi) is 8.87. The van der Waals surface area contributed by atoms with Gasteiger partial charge in [0.1, 0.15) is 24.4 Å². The summed E-state index contributed by atoms with van der Waals surface area (Å²) < 4.78 is 10.5. The van der Waals surface area contributed by atoms with E-state index < -0.39 is 30.0 Å². The van der Waals surface area contributed by atoms with Crippen molar-refractivity contribution >= 4 is 17.9 Å². The van der Waals surface area contributed by atoms with Gasteiger partial charge < -0.3 is 25.8 Å². The van der Waals surface area contributed by atoms with Gasteiger partial charge in [0.25, 0.3) is 0 Å². The van der Waals surface area contributed by atoms with Gasteiger partial charge in [-0.1, -0.05) is 62.4 Å². The maximum absolute atomic E-state index is 12.8. The number of benzene rings is 2. The normalized spacial score (nSPS) is 12.5. The van der Waals surface area contributed by atoms with Gasteiger partial charge in [-0.05, 0) is 23.1 Å². The molecule has 8 heteroatoms. The Bertz CT molecular complexity index is 886. The van der Waals surface area contributed by atoms with Crippen LogP contribution in [-0.2, 0) is 27.4 Å². The fraction of sp³-hybridized carbons (Fsp3) is 0.348. The molecule has 0 saturated heterocycles. The van der Waals surface area contributed by atoms with Gasteiger partial charge >= 0.3 is 6.09 Å². The number of ether oxygens (including phenoxy) is 2. The van der Waals surface area contributed by atoms with E-state index in [0.717, 1.165) is 11.1 Å². The van der Waals surface area contributed by atoms with Crippen LogP contribution in [0.2, 0.25) is 0 Å². The lowest BCUT2D eigenvalue weighted by Crippen LogP contribution is -2.55. The average molecular weight is 428 g/mol. The number of nitrogens with two attached hydrogens (primary N) is 1. The number of hydrogen-bond donors (Lipinski definition) is 3. The number of hydrogen-bond acceptors (Lipinski definition) is 5. The summed E-state index contributed by atoms with van der Waals surface area (Å²) in [5.74, 6) is -0.867. The van der Waals surface area contributed by atoms with E-state index in [1.807, 2.05) is 30.3 Å². The van der Waals surface area contributed by atoms with E-state index in [1.54, 1.807) is 38.1 Å². The summed E-state index contributed by atoms with van der Waals surface area (Å²) in [6, 6.07) is 14.5. The first-order valence-electron chi connectivity index (χ1n) is 10.0. The Morgan fingerprint density at radius 1 is 0.968 bits per heavy atom. The highest BCUT2D eigenvalue weighted by atomic mass is 16.5. The van der Waals surface area contributed by atoms with E-state index in [4.69, 9.17) is 15.2 Å². The van der Waals surface area contributed by atoms with Crippen LogP contribution in [-0.4, -0.2) is 37.1 Å². The number of para-hydroxylation sites is 1. The second-order valence-electron chi connectivity index (χ2n) is 7.41. The van der Waals surface area contributed by atoms with E-state index >= 15 is 0 Å². The van der Waals surface area contributed by atoms with Crippen molar-refractivity contribution < 1.29 is 23.9 Å². The van der Waals surface area contributed by atoms with Crippen LogP contribution in [0.4, 0.5) is 4.79 Å². The molecule has 166 valence electrons. The van der Waals surface area contributed by atoms with Crippen LogP contribution in [0, 0.1) is 5.92 Å². The first-order chi connectivity index (χ1) is 14.8. The smallest absolute Gasteiger partial charge is 0.408 e. The average Bonchev–Trinajstić information content (AvgIpc) is 2.76. The Morgan fingerprint density at radius 2 is 1.61 bits per heavy atom. The molecule has 3 amide bonds. The Balaban J connectivity index is 2.01. The summed E-state index contributed by atoms with van der Waals surface area (Å²) in [5, 5.41) is 5.20. The van der Waals surface area contributed by atoms with E-state index in [0.29, 0.717) is 5.75 Å². The zero-order chi connectivity index (χ0) is 22.8. The van der Waals surface area contributed by atoms with Gasteiger partial charge in [-0.3, -0.25) is 9.59 Å². The Hall–Kier alpha value is -3.55. The number of rotatable bonds is 10. The third-order valence-electron chi connectivity index (χ3n) is 4.71. The van der Waals surface area contributed by atoms with Gasteiger partial charge in [-0.25, -0.2) is 4.79 Å². The van der Waals surface area contributed by atoms with Crippen molar-refractivity contribution in [2.45, 2.75) is 39.0 Å². The maximum Gasteiger partial charge on any atom is 0.408 e. The number of nitrogens with one attached hydrogen (secondary N) is 2. The van der Waals surface area contributed by atoms with Crippen molar-refractivity contribution in [2.75, 3.05) is 7.11 Å². The number of methoxy groups -OCH3 is 1. The number of carbonyl (C=O) groups is 3. The van der Waals surface area contributed by atoms with Crippen molar-refractivity contribution in [3.05, 3.63) is 65.7 Å². The summed E-state index contributed by atoms with van der Waals surface area (Å²) in [4.78, 5) is 37.0. The highest BCUT2D eigenvalue weighted by molar-refractivity contribution is 5.91. The number of primary amides is 1. The molecule has 0 heterocycles. The predicted molar refractivity (Wildman–Crippen MR) is 116 cm³/mol. The van der Waals surface area contributed by atoms with Crippen LogP contribution in [0.1, 0.15) is 25.0 Å². The highest BCUT2D eigenvalue weighted by Gasteiger charge is 2.29. The molecule has 2 aromatic rings. The molecular formula is C23H29N3O5. The molecule has 0 bridgehead atoms. The zero-order valence-corrected chi connectivity index (χ0v) is 18.0. The second kappa shape index (κ2) is 11.6. The number of amides is 3. The molecule has 0 aliphatic heterocycles. The lowest BCUT2D eigenvalue weighted by atomic mass is 10.0. The van der Waals surface area contributed by atoms with Crippen LogP contribution in [0.25, 0.3) is 0 Å². The molecule has 0 radical (unpaired) electrons. The van der Waals surface area contributed by atoms with E-state index in [9.17, 15) is 14.4 Å². The first-order valence-corrected chi connectivity index (χ1v) is 10.0. The molecule has 0 fully saturated rings. The van der Waals surface area contributed by atoms with Crippen LogP contribution in [0.15, 0.2) is 54.6 Å². The van der Waals surface area contributed by atoms with Crippen LogP contribution < -0.4 is 21.1 Å². The molecule has 8 nitrogen and oxygen atoms in total. The van der Waals surface area contributed by atoms with Crippen molar-refractivity contribution in [1.29, 1.82) is 0 Å². The third kappa shape index (κ3) is 7.33. The van der Waals surface area contributed by atoms with Crippen LogP contribution in [0.3, 0.4) is 0 Å². The molecule has 2 aromatic carbocycles. The Labute approximate surface area is 182 Å². The lowest BCUT2D eigenvalue weighted by Gasteiger charge is -2.24. The van der Waals surface area contributed by atoms with Gasteiger partial charge in [0.05, 0.1) is 7.11 Å². The summed E-state index contributed by atoms with van der Waals surface area (Å²) in [6.07, 6.45) is -0.563. The van der Waals surface area contributed by atoms with Gasteiger partial charge in [0.2, 0.25) is 11.8 Å². The minimum atomic E-state index is -0.966. The Morgan fingerprint density at radius 3 is 2.23 bits per heavy atom. The molecule has 2 atom stereocenters. The quantitative estimate of drug-likeness (QED) is 0.537. The van der Waals surface area contributed by atoms with Crippen LogP contribution in [0.5, 0.6) is 5.75 Å². The largest absolute Gasteiger partial charge is 0.496 e. The topological polar surface area (TPSA) is 120 Å². The molecule has 31 heavy (non-hydrogen) atoms.